The first-order chi connectivity index (χ1) is 5.24. The lowest BCUT2D eigenvalue weighted by Crippen LogP contribution is -2.21. The van der Waals surface area contributed by atoms with Crippen LogP contribution in [0.1, 0.15) is 6.42 Å². The molecule has 4 heteroatoms. The summed E-state index contributed by atoms with van der Waals surface area (Å²) in [4.78, 5) is 21.5. The normalized spacial score (nSPS) is 17.6. The van der Waals surface area contributed by atoms with Gasteiger partial charge in [0, 0.05) is 21.9 Å². The predicted octanol–water partition coefficient (Wildman–Crippen LogP) is -1.16. The zero-order chi connectivity index (χ0) is 8.27. The molecule has 0 unspecified atom stereocenters. The summed E-state index contributed by atoms with van der Waals surface area (Å²) in [5.41, 5.74) is 2.54. The van der Waals surface area contributed by atoms with E-state index >= 15 is 0 Å². The Kier molecular flexibility index (Phi) is 2.38. The Balaban J connectivity index is 2.64. The van der Waals surface area contributed by atoms with Crippen molar-refractivity contribution < 1.29 is 9.59 Å². The van der Waals surface area contributed by atoms with Gasteiger partial charge in [0.15, 0.2) is 0 Å². The SMILES string of the molecule is O=C1C=C(CC=C[SiH3])C(=O)N1. The van der Waals surface area contributed by atoms with Crippen LogP contribution in [0.3, 0.4) is 0 Å². The van der Waals surface area contributed by atoms with Gasteiger partial charge in [-0.15, -0.1) is 5.70 Å². The topological polar surface area (TPSA) is 46.2 Å². The van der Waals surface area contributed by atoms with Crippen molar-refractivity contribution in [1.29, 1.82) is 0 Å². The molecule has 0 saturated carbocycles. The van der Waals surface area contributed by atoms with Gasteiger partial charge in [-0.2, -0.15) is 0 Å². The van der Waals surface area contributed by atoms with E-state index in [0.29, 0.717) is 12.0 Å². The standard InChI is InChI=1S/C7H9NO2Si/c9-6-4-5(2-1-3-11)7(10)8-6/h1,3-4H,2H2,11H3,(H,8,9,10). The summed E-state index contributed by atoms with van der Waals surface area (Å²) in [6.07, 6.45) is 3.82. The number of nitrogens with one attached hydrogen (secondary N) is 1. The van der Waals surface area contributed by atoms with E-state index in [4.69, 9.17) is 0 Å². The van der Waals surface area contributed by atoms with E-state index < -0.39 is 0 Å². The summed E-state index contributed by atoms with van der Waals surface area (Å²) < 4.78 is 0. The van der Waals surface area contributed by atoms with Crippen LogP contribution < -0.4 is 5.32 Å². The second kappa shape index (κ2) is 3.29. The Labute approximate surface area is 67.6 Å². The van der Waals surface area contributed by atoms with Crippen molar-refractivity contribution in [1.82, 2.24) is 5.32 Å². The third kappa shape index (κ3) is 1.88. The molecular formula is C7H9NO2Si. The highest BCUT2D eigenvalue weighted by Crippen LogP contribution is 2.07. The number of carbonyl (C=O) groups is 2. The van der Waals surface area contributed by atoms with E-state index in [1.54, 1.807) is 0 Å². The second-order valence-electron chi connectivity index (χ2n) is 2.26. The minimum absolute atomic E-state index is 0.255. The molecule has 0 atom stereocenters. The van der Waals surface area contributed by atoms with Gasteiger partial charge in [0.25, 0.3) is 11.8 Å². The van der Waals surface area contributed by atoms with E-state index in [-0.39, 0.29) is 11.8 Å². The van der Waals surface area contributed by atoms with Gasteiger partial charge in [0.05, 0.1) is 0 Å². The van der Waals surface area contributed by atoms with Crippen molar-refractivity contribution in [3.05, 3.63) is 23.4 Å². The summed E-state index contributed by atoms with van der Waals surface area (Å²) in [6, 6.07) is 0. The number of imide groups is 1. The van der Waals surface area contributed by atoms with Crippen molar-refractivity contribution in [2.45, 2.75) is 6.42 Å². The minimum atomic E-state index is -0.299. The molecule has 0 fully saturated rings. The van der Waals surface area contributed by atoms with Crippen molar-refractivity contribution in [2.75, 3.05) is 0 Å². The molecule has 0 saturated heterocycles. The van der Waals surface area contributed by atoms with E-state index in [1.165, 1.54) is 6.08 Å². The van der Waals surface area contributed by atoms with Crippen molar-refractivity contribution in [3.63, 3.8) is 0 Å². The monoisotopic (exact) mass is 167 g/mol. The Bertz CT molecular complexity index is 255. The maximum absolute atomic E-state index is 10.9. The van der Waals surface area contributed by atoms with Crippen LogP contribution in [0.25, 0.3) is 0 Å². The van der Waals surface area contributed by atoms with Gasteiger partial charge in [0.2, 0.25) is 0 Å². The third-order valence-corrected chi connectivity index (χ3v) is 1.88. The van der Waals surface area contributed by atoms with Gasteiger partial charge in [-0.05, 0) is 6.42 Å². The summed E-state index contributed by atoms with van der Waals surface area (Å²) in [7, 11) is 0.984. The number of hydrogen-bond donors (Lipinski definition) is 1. The second-order valence-corrected chi connectivity index (χ2v) is 2.93. The van der Waals surface area contributed by atoms with Gasteiger partial charge in [-0.1, -0.05) is 6.08 Å². The Morgan fingerprint density at radius 1 is 1.55 bits per heavy atom. The fourth-order valence-electron chi connectivity index (χ4n) is 0.848. The Morgan fingerprint density at radius 2 is 2.27 bits per heavy atom. The lowest BCUT2D eigenvalue weighted by Gasteiger charge is -1.91. The van der Waals surface area contributed by atoms with Crippen LogP contribution in [0.5, 0.6) is 0 Å². The van der Waals surface area contributed by atoms with E-state index in [1.807, 2.05) is 11.8 Å². The smallest absolute Gasteiger partial charge is 0.254 e. The quantitative estimate of drug-likeness (QED) is 0.416. The van der Waals surface area contributed by atoms with E-state index in [9.17, 15) is 9.59 Å². The van der Waals surface area contributed by atoms with Crippen LogP contribution >= 0.6 is 0 Å². The fraction of sp³-hybridized carbons (Fsp3) is 0.143. The zero-order valence-electron chi connectivity index (χ0n) is 6.26. The third-order valence-electron chi connectivity index (χ3n) is 1.41. The van der Waals surface area contributed by atoms with Crippen LogP contribution in [0.2, 0.25) is 0 Å². The number of allylic oxidation sites excluding steroid dienone is 1. The lowest BCUT2D eigenvalue weighted by molar-refractivity contribution is -0.123. The number of carbonyl (C=O) groups excluding carboxylic acids is 2. The minimum Gasteiger partial charge on any atom is -0.289 e. The van der Waals surface area contributed by atoms with Crippen molar-refractivity contribution in [3.8, 4) is 0 Å². The fourth-order valence-corrected chi connectivity index (χ4v) is 1.08. The molecule has 1 aliphatic rings. The first kappa shape index (κ1) is 7.94. The van der Waals surface area contributed by atoms with Gasteiger partial charge < -0.3 is 0 Å². The molecule has 1 rings (SSSR count). The highest BCUT2D eigenvalue weighted by atomic mass is 28.1. The summed E-state index contributed by atoms with van der Waals surface area (Å²) in [5.74, 6) is -0.554. The molecule has 0 aliphatic carbocycles. The first-order valence-electron chi connectivity index (χ1n) is 3.41. The zero-order valence-corrected chi connectivity index (χ0v) is 8.26. The maximum atomic E-state index is 10.9. The largest absolute Gasteiger partial charge is 0.289 e. The average molecular weight is 167 g/mol. The summed E-state index contributed by atoms with van der Waals surface area (Å²) in [6.45, 7) is 0. The Morgan fingerprint density at radius 3 is 2.73 bits per heavy atom. The van der Waals surface area contributed by atoms with Crippen LogP contribution in [0, 0.1) is 0 Å². The van der Waals surface area contributed by atoms with Crippen LogP contribution in [0.4, 0.5) is 0 Å². The maximum Gasteiger partial charge on any atom is 0.254 e. The molecule has 0 spiro atoms. The van der Waals surface area contributed by atoms with Crippen LogP contribution in [-0.2, 0) is 9.59 Å². The molecule has 3 nitrogen and oxygen atoms in total. The van der Waals surface area contributed by atoms with Crippen LogP contribution in [0.15, 0.2) is 23.4 Å². The van der Waals surface area contributed by atoms with E-state index in [2.05, 4.69) is 5.32 Å². The lowest BCUT2D eigenvalue weighted by atomic mass is 10.2. The molecule has 0 aromatic carbocycles. The van der Waals surface area contributed by atoms with Gasteiger partial charge in [-0.25, -0.2) is 0 Å². The van der Waals surface area contributed by atoms with Gasteiger partial charge >= 0.3 is 0 Å². The molecule has 11 heavy (non-hydrogen) atoms. The molecular weight excluding hydrogens is 158 g/mol. The summed E-state index contributed by atoms with van der Waals surface area (Å²) >= 11 is 0. The van der Waals surface area contributed by atoms with Gasteiger partial charge in [0.1, 0.15) is 0 Å². The van der Waals surface area contributed by atoms with Crippen molar-refractivity contribution in [2.24, 2.45) is 0 Å². The molecule has 58 valence electrons. The van der Waals surface area contributed by atoms with Crippen LogP contribution in [-0.4, -0.2) is 22.1 Å². The molecule has 2 amide bonds. The first-order valence-corrected chi connectivity index (χ1v) is 4.56. The molecule has 0 radical (unpaired) electrons. The summed E-state index contributed by atoms with van der Waals surface area (Å²) in [5, 5.41) is 2.18. The van der Waals surface area contributed by atoms with E-state index in [0.717, 1.165) is 10.2 Å². The molecule has 0 bridgehead atoms. The average Bonchev–Trinajstić information content (AvgIpc) is 2.26. The molecule has 0 aromatic heterocycles. The van der Waals surface area contributed by atoms with Gasteiger partial charge in [-0.3, -0.25) is 14.9 Å². The highest BCUT2D eigenvalue weighted by molar-refractivity contribution is 6.18. The molecule has 0 aromatic rings. The van der Waals surface area contributed by atoms with Crippen molar-refractivity contribution >= 4 is 22.1 Å². The molecule has 1 heterocycles. The number of hydrogen-bond acceptors (Lipinski definition) is 2. The molecule has 1 N–H and O–H groups in total. The number of rotatable bonds is 2. The number of amides is 2. The molecule has 1 aliphatic heterocycles. The predicted molar refractivity (Wildman–Crippen MR) is 44.9 cm³/mol. The Hall–Kier alpha value is -1.16. The highest BCUT2D eigenvalue weighted by Gasteiger charge is 2.18.